The Morgan fingerprint density at radius 1 is 1.35 bits per heavy atom. The summed E-state index contributed by atoms with van der Waals surface area (Å²) in [5, 5.41) is 6.28. The Hall–Kier alpha value is -1.36. The number of fused-ring (bicyclic) bond motifs is 1. The number of rotatable bonds is 3. The Morgan fingerprint density at radius 3 is 3.00 bits per heavy atom. The molecule has 0 spiro atoms. The van der Waals surface area contributed by atoms with Crippen LogP contribution in [0, 0.1) is 5.92 Å². The highest BCUT2D eigenvalue weighted by molar-refractivity contribution is 7.99. The van der Waals surface area contributed by atoms with Crippen molar-refractivity contribution >= 4 is 23.4 Å². The Balaban J connectivity index is 1.51. The SMILES string of the molecule is O=C(NCC1CCSCC1)C1CNc2ccccc2O1. The number of hydrogen-bond donors (Lipinski definition) is 2. The topological polar surface area (TPSA) is 50.4 Å². The second-order valence-electron chi connectivity index (χ2n) is 5.28. The summed E-state index contributed by atoms with van der Waals surface area (Å²) in [6.45, 7) is 1.31. The highest BCUT2D eigenvalue weighted by Gasteiger charge is 2.26. The number of thioether (sulfide) groups is 1. The highest BCUT2D eigenvalue weighted by Crippen LogP contribution is 2.28. The molecule has 3 rings (SSSR count). The van der Waals surface area contributed by atoms with E-state index in [0.29, 0.717) is 12.5 Å². The van der Waals surface area contributed by atoms with Crippen molar-refractivity contribution in [2.45, 2.75) is 18.9 Å². The summed E-state index contributed by atoms with van der Waals surface area (Å²) in [5.74, 6) is 3.81. The van der Waals surface area contributed by atoms with E-state index >= 15 is 0 Å². The van der Waals surface area contributed by atoms with E-state index in [0.717, 1.165) is 18.0 Å². The smallest absolute Gasteiger partial charge is 0.262 e. The fraction of sp³-hybridized carbons (Fsp3) is 0.533. The average molecular weight is 292 g/mol. The maximum Gasteiger partial charge on any atom is 0.262 e. The molecule has 2 N–H and O–H groups in total. The Bertz CT molecular complexity index is 475. The third kappa shape index (κ3) is 3.20. The molecule has 0 radical (unpaired) electrons. The van der Waals surface area contributed by atoms with E-state index in [4.69, 9.17) is 4.74 Å². The van der Waals surface area contributed by atoms with Crippen molar-refractivity contribution in [2.24, 2.45) is 5.92 Å². The summed E-state index contributed by atoms with van der Waals surface area (Å²) in [6.07, 6.45) is 1.98. The summed E-state index contributed by atoms with van der Waals surface area (Å²) in [7, 11) is 0. The zero-order chi connectivity index (χ0) is 13.8. The van der Waals surface area contributed by atoms with Crippen molar-refractivity contribution in [1.82, 2.24) is 5.32 Å². The molecule has 2 heterocycles. The van der Waals surface area contributed by atoms with E-state index in [1.807, 2.05) is 36.0 Å². The van der Waals surface area contributed by atoms with Crippen molar-refractivity contribution in [3.05, 3.63) is 24.3 Å². The van der Waals surface area contributed by atoms with Gasteiger partial charge in [-0.2, -0.15) is 11.8 Å². The van der Waals surface area contributed by atoms with Gasteiger partial charge in [0.05, 0.1) is 12.2 Å². The number of amides is 1. The molecule has 1 unspecified atom stereocenters. The fourth-order valence-corrected chi connectivity index (χ4v) is 3.77. The quantitative estimate of drug-likeness (QED) is 0.896. The van der Waals surface area contributed by atoms with Crippen LogP contribution in [-0.2, 0) is 4.79 Å². The van der Waals surface area contributed by atoms with Crippen molar-refractivity contribution in [1.29, 1.82) is 0 Å². The van der Waals surface area contributed by atoms with Crippen LogP contribution in [0.1, 0.15) is 12.8 Å². The molecule has 4 nitrogen and oxygen atoms in total. The van der Waals surface area contributed by atoms with Gasteiger partial charge in [-0.25, -0.2) is 0 Å². The summed E-state index contributed by atoms with van der Waals surface area (Å²) in [5.41, 5.74) is 0.959. The lowest BCUT2D eigenvalue weighted by atomic mass is 10.0. The van der Waals surface area contributed by atoms with Gasteiger partial charge in [-0.3, -0.25) is 4.79 Å². The summed E-state index contributed by atoms with van der Waals surface area (Å²) in [4.78, 5) is 12.2. The van der Waals surface area contributed by atoms with Crippen LogP contribution in [0.5, 0.6) is 5.75 Å². The normalized spacial score (nSPS) is 22.3. The summed E-state index contributed by atoms with van der Waals surface area (Å²) in [6, 6.07) is 7.72. The number of para-hydroxylation sites is 2. The number of nitrogens with one attached hydrogen (secondary N) is 2. The Kier molecular flexibility index (Phi) is 4.35. The minimum atomic E-state index is -0.428. The minimum absolute atomic E-state index is 0.00905. The molecule has 5 heteroatoms. The number of benzene rings is 1. The predicted octanol–water partition coefficient (Wildman–Crippen LogP) is 2.12. The van der Waals surface area contributed by atoms with E-state index in [2.05, 4.69) is 10.6 Å². The summed E-state index contributed by atoms with van der Waals surface area (Å²) >= 11 is 2.01. The molecule has 1 amide bonds. The molecular weight excluding hydrogens is 272 g/mol. The molecule has 1 aromatic carbocycles. The molecule has 1 saturated heterocycles. The monoisotopic (exact) mass is 292 g/mol. The predicted molar refractivity (Wildman–Crippen MR) is 82.4 cm³/mol. The lowest BCUT2D eigenvalue weighted by Gasteiger charge is -2.27. The number of carbonyl (C=O) groups is 1. The van der Waals surface area contributed by atoms with Crippen LogP contribution < -0.4 is 15.4 Å². The first-order valence-corrected chi connectivity index (χ1v) is 8.33. The van der Waals surface area contributed by atoms with Crippen LogP contribution in [-0.4, -0.2) is 36.6 Å². The van der Waals surface area contributed by atoms with E-state index < -0.39 is 6.10 Å². The zero-order valence-electron chi connectivity index (χ0n) is 11.4. The Labute approximate surface area is 123 Å². The highest BCUT2D eigenvalue weighted by atomic mass is 32.2. The van der Waals surface area contributed by atoms with Crippen LogP contribution in [0.25, 0.3) is 0 Å². The van der Waals surface area contributed by atoms with Gasteiger partial charge in [-0.1, -0.05) is 12.1 Å². The van der Waals surface area contributed by atoms with Crippen LogP contribution in [0.2, 0.25) is 0 Å². The summed E-state index contributed by atoms with van der Waals surface area (Å²) < 4.78 is 5.75. The van der Waals surface area contributed by atoms with E-state index in [1.54, 1.807) is 0 Å². The fourth-order valence-electron chi connectivity index (χ4n) is 2.57. The molecular formula is C15H20N2O2S. The van der Waals surface area contributed by atoms with Gasteiger partial charge in [0.15, 0.2) is 6.10 Å². The number of hydrogen-bond acceptors (Lipinski definition) is 4. The molecule has 2 aliphatic rings. The molecule has 20 heavy (non-hydrogen) atoms. The van der Waals surface area contributed by atoms with Gasteiger partial charge in [-0.05, 0) is 42.4 Å². The number of anilines is 1. The van der Waals surface area contributed by atoms with E-state index in [1.165, 1.54) is 24.3 Å². The third-order valence-corrected chi connectivity index (χ3v) is 4.88. The molecule has 1 aromatic rings. The van der Waals surface area contributed by atoms with Crippen LogP contribution in [0.15, 0.2) is 24.3 Å². The van der Waals surface area contributed by atoms with Crippen LogP contribution >= 0.6 is 11.8 Å². The van der Waals surface area contributed by atoms with Gasteiger partial charge >= 0.3 is 0 Å². The average Bonchev–Trinajstić information content (AvgIpc) is 2.53. The van der Waals surface area contributed by atoms with Gasteiger partial charge in [-0.15, -0.1) is 0 Å². The van der Waals surface area contributed by atoms with Crippen molar-refractivity contribution < 1.29 is 9.53 Å². The van der Waals surface area contributed by atoms with E-state index in [-0.39, 0.29) is 5.91 Å². The molecule has 1 fully saturated rings. The first-order chi connectivity index (χ1) is 9.83. The van der Waals surface area contributed by atoms with Gasteiger partial charge in [0.1, 0.15) is 5.75 Å². The first-order valence-electron chi connectivity index (χ1n) is 7.18. The van der Waals surface area contributed by atoms with Crippen molar-refractivity contribution in [2.75, 3.05) is 29.9 Å². The largest absolute Gasteiger partial charge is 0.477 e. The lowest BCUT2D eigenvalue weighted by molar-refractivity contribution is -0.127. The third-order valence-electron chi connectivity index (χ3n) is 3.83. The zero-order valence-corrected chi connectivity index (χ0v) is 12.2. The van der Waals surface area contributed by atoms with E-state index in [9.17, 15) is 4.79 Å². The van der Waals surface area contributed by atoms with Crippen LogP contribution in [0.3, 0.4) is 0 Å². The first kappa shape index (κ1) is 13.6. The molecule has 1 atom stereocenters. The number of ether oxygens (including phenoxy) is 1. The van der Waals surface area contributed by atoms with Crippen molar-refractivity contribution in [3.8, 4) is 5.75 Å². The van der Waals surface area contributed by atoms with Gasteiger partial charge in [0.2, 0.25) is 0 Å². The Morgan fingerprint density at radius 2 is 2.15 bits per heavy atom. The van der Waals surface area contributed by atoms with Gasteiger partial charge in [0.25, 0.3) is 5.91 Å². The molecule has 0 aromatic heterocycles. The van der Waals surface area contributed by atoms with Crippen molar-refractivity contribution in [3.63, 3.8) is 0 Å². The molecule has 2 aliphatic heterocycles. The maximum absolute atomic E-state index is 12.2. The van der Waals surface area contributed by atoms with Gasteiger partial charge in [0, 0.05) is 6.54 Å². The maximum atomic E-state index is 12.2. The standard InChI is InChI=1S/C15H20N2O2S/c18-15(17-9-11-5-7-20-8-6-11)14-10-16-12-3-1-2-4-13(12)19-14/h1-4,11,14,16H,5-10H2,(H,17,18). The van der Waals surface area contributed by atoms with Crippen LogP contribution in [0.4, 0.5) is 5.69 Å². The second-order valence-corrected chi connectivity index (χ2v) is 6.51. The molecule has 0 bridgehead atoms. The molecule has 0 aliphatic carbocycles. The molecule has 108 valence electrons. The number of carbonyl (C=O) groups excluding carboxylic acids is 1. The minimum Gasteiger partial charge on any atom is -0.477 e. The molecule has 0 saturated carbocycles. The van der Waals surface area contributed by atoms with Gasteiger partial charge < -0.3 is 15.4 Å². The lowest BCUT2D eigenvalue weighted by Crippen LogP contribution is -2.46. The second kappa shape index (κ2) is 6.39.